The third kappa shape index (κ3) is 3.57. The molecule has 0 N–H and O–H groups in total. The molecule has 0 spiro atoms. The average Bonchev–Trinajstić information content (AvgIpc) is 3.22. The number of aryl methyl sites for hydroxylation is 2. The molecule has 1 aliphatic heterocycles. The van der Waals surface area contributed by atoms with Crippen LogP contribution in [0.1, 0.15) is 49.1 Å². The molecule has 0 atom stereocenters. The molecule has 2 aromatic rings. The second-order valence-electron chi connectivity index (χ2n) is 5.80. The van der Waals surface area contributed by atoms with E-state index in [-0.39, 0.29) is 11.8 Å². The van der Waals surface area contributed by atoms with Gasteiger partial charge in [0.05, 0.1) is 0 Å². The maximum Gasteiger partial charge on any atom is 0.315 e. The number of amides is 1. The Morgan fingerprint density at radius 1 is 1.42 bits per heavy atom. The zero-order chi connectivity index (χ0) is 17.1. The largest absolute Gasteiger partial charge is 0.343 e. The molecule has 3 heterocycles. The van der Waals surface area contributed by atoms with Crippen LogP contribution in [0.4, 0.5) is 8.78 Å². The molecule has 1 fully saturated rings. The predicted molar refractivity (Wildman–Crippen MR) is 77.1 cm³/mol. The van der Waals surface area contributed by atoms with Crippen molar-refractivity contribution in [3.05, 3.63) is 23.9 Å². The molecule has 130 valence electrons. The summed E-state index contributed by atoms with van der Waals surface area (Å²) < 4.78 is 31.3. The van der Waals surface area contributed by atoms with E-state index in [4.69, 9.17) is 0 Å². The highest BCUT2D eigenvalue weighted by Gasteiger charge is 2.28. The molecule has 1 amide bonds. The smallest absolute Gasteiger partial charge is 0.315 e. The highest BCUT2D eigenvalue weighted by molar-refractivity contribution is 5.76. The first-order valence-corrected chi connectivity index (χ1v) is 7.77. The normalized spacial score (nSPS) is 16.1. The zero-order valence-corrected chi connectivity index (χ0v) is 13.2. The lowest BCUT2D eigenvalue weighted by Gasteiger charge is -2.30. The van der Waals surface area contributed by atoms with E-state index < -0.39 is 12.3 Å². The fourth-order valence-corrected chi connectivity index (χ4v) is 2.80. The standard InChI is InChI=1S/C14H18F2N6O2/c1-21-8-17-19-10(21)2-3-11(23)22-6-4-9(5-7-22)13-18-14(12(15)16)24-20-13/h8-9,12H,2-7H2,1H3. The van der Waals surface area contributed by atoms with Crippen LogP contribution in [0.5, 0.6) is 0 Å². The van der Waals surface area contributed by atoms with Gasteiger partial charge in [-0.3, -0.25) is 4.79 Å². The molecule has 0 radical (unpaired) electrons. The predicted octanol–water partition coefficient (Wildman–Crippen LogP) is 1.47. The van der Waals surface area contributed by atoms with Crippen LogP contribution in [0.2, 0.25) is 0 Å². The summed E-state index contributed by atoms with van der Waals surface area (Å²) in [5.74, 6) is 0.426. The fourth-order valence-electron chi connectivity index (χ4n) is 2.80. The Hall–Kier alpha value is -2.39. The molecule has 0 bridgehead atoms. The van der Waals surface area contributed by atoms with Gasteiger partial charge >= 0.3 is 6.43 Å². The maximum atomic E-state index is 12.5. The molecule has 24 heavy (non-hydrogen) atoms. The van der Waals surface area contributed by atoms with Gasteiger partial charge in [-0.05, 0) is 12.8 Å². The van der Waals surface area contributed by atoms with Gasteiger partial charge < -0.3 is 14.0 Å². The SMILES string of the molecule is Cn1cnnc1CCC(=O)N1CCC(c2noc(C(F)F)n2)CC1. The number of likely N-dealkylation sites (tertiary alicyclic amines) is 1. The molecule has 1 saturated heterocycles. The number of halogens is 2. The van der Waals surface area contributed by atoms with Crippen LogP contribution in [0.15, 0.2) is 10.9 Å². The van der Waals surface area contributed by atoms with Crippen LogP contribution in [-0.2, 0) is 18.3 Å². The number of rotatable bonds is 5. The number of hydrogen-bond acceptors (Lipinski definition) is 6. The highest BCUT2D eigenvalue weighted by Crippen LogP contribution is 2.28. The summed E-state index contributed by atoms with van der Waals surface area (Å²) >= 11 is 0. The quantitative estimate of drug-likeness (QED) is 0.819. The van der Waals surface area contributed by atoms with E-state index in [1.54, 1.807) is 15.8 Å². The van der Waals surface area contributed by atoms with E-state index in [2.05, 4.69) is 24.9 Å². The summed E-state index contributed by atoms with van der Waals surface area (Å²) in [6, 6.07) is 0. The first-order valence-electron chi connectivity index (χ1n) is 7.77. The second-order valence-corrected chi connectivity index (χ2v) is 5.80. The van der Waals surface area contributed by atoms with E-state index in [1.807, 2.05) is 7.05 Å². The van der Waals surface area contributed by atoms with Crippen LogP contribution < -0.4 is 0 Å². The molecule has 1 aliphatic rings. The number of carbonyl (C=O) groups is 1. The lowest BCUT2D eigenvalue weighted by atomic mass is 9.96. The topological polar surface area (TPSA) is 89.9 Å². The minimum atomic E-state index is -2.76. The first-order chi connectivity index (χ1) is 11.5. The van der Waals surface area contributed by atoms with Gasteiger partial charge in [0.2, 0.25) is 5.91 Å². The summed E-state index contributed by atoms with van der Waals surface area (Å²) in [5, 5.41) is 11.4. The minimum Gasteiger partial charge on any atom is -0.343 e. The number of piperidine rings is 1. The molecule has 0 saturated carbocycles. The Morgan fingerprint density at radius 2 is 2.17 bits per heavy atom. The number of carbonyl (C=O) groups excluding carboxylic acids is 1. The van der Waals surface area contributed by atoms with E-state index in [1.165, 1.54) is 0 Å². The molecule has 3 rings (SSSR count). The number of aromatic nitrogens is 5. The number of nitrogens with zero attached hydrogens (tertiary/aromatic N) is 6. The Balaban J connectivity index is 1.49. The Kier molecular flexibility index (Phi) is 4.81. The van der Waals surface area contributed by atoms with Crippen molar-refractivity contribution in [3.8, 4) is 0 Å². The lowest BCUT2D eigenvalue weighted by molar-refractivity contribution is -0.132. The molecule has 10 heteroatoms. The van der Waals surface area contributed by atoms with Gasteiger partial charge in [-0.25, -0.2) is 0 Å². The average molecular weight is 340 g/mol. The summed E-state index contributed by atoms with van der Waals surface area (Å²) in [6.07, 6.45) is 1.03. The van der Waals surface area contributed by atoms with E-state index in [0.717, 1.165) is 5.82 Å². The van der Waals surface area contributed by atoms with E-state index in [0.29, 0.717) is 44.6 Å². The molecule has 0 unspecified atom stereocenters. The third-order valence-electron chi connectivity index (χ3n) is 4.22. The van der Waals surface area contributed by atoms with Crippen molar-refractivity contribution in [2.24, 2.45) is 7.05 Å². The highest BCUT2D eigenvalue weighted by atomic mass is 19.3. The zero-order valence-electron chi connectivity index (χ0n) is 13.2. The van der Waals surface area contributed by atoms with Gasteiger partial charge in [-0.2, -0.15) is 13.8 Å². The van der Waals surface area contributed by atoms with Crippen LogP contribution >= 0.6 is 0 Å². The number of hydrogen-bond donors (Lipinski definition) is 0. The van der Waals surface area contributed by atoms with Crippen molar-refractivity contribution in [1.29, 1.82) is 0 Å². The summed E-state index contributed by atoms with van der Waals surface area (Å²) in [5.41, 5.74) is 0. The summed E-state index contributed by atoms with van der Waals surface area (Å²) in [7, 11) is 1.84. The molecule has 0 aliphatic carbocycles. The fraction of sp³-hybridized carbons (Fsp3) is 0.643. The first kappa shape index (κ1) is 16.5. The van der Waals surface area contributed by atoms with Crippen LogP contribution in [-0.4, -0.2) is 48.8 Å². The second kappa shape index (κ2) is 7.02. The molecule has 2 aromatic heterocycles. The minimum absolute atomic E-state index is 0.0518. The molecular weight excluding hydrogens is 322 g/mol. The molecular formula is C14H18F2N6O2. The number of alkyl halides is 2. The molecule has 0 aromatic carbocycles. The Morgan fingerprint density at radius 3 is 2.75 bits per heavy atom. The van der Waals surface area contributed by atoms with Gasteiger partial charge in [-0.15, -0.1) is 10.2 Å². The maximum absolute atomic E-state index is 12.5. The van der Waals surface area contributed by atoms with Gasteiger partial charge in [0, 0.05) is 38.9 Å². The van der Waals surface area contributed by atoms with Crippen molar-refractivity contribution >= 4 is 5.91 Å². The Labute approximate surface area is 136 Å². The van der Waals surface area contributed by atoms with Gasteiger partial charge in [0.1, 0.15) is 12.2 Å². The molecule has 8 nitrogen and oxygen atoms in total. The van der Waals surface area contributed by atoms with Crippen molar-refractivity contribution < 1.29 is 18.1 Å². The van der Waals surface area contributed by atoms with Gasteiger partial charge in [0.25, 0.3) is 5.89 Å². The van der Waals surface area contributed by atoms with E-state index >= 15 is 0 Å². The van der Waals surface area contributed by atoms with Crippen molar-refractivity contribution in [2.45, 2.75) is 38.0 Å². The van der Waals surface area contributed by atoms with Crippen molar-refractivity contribution in [3.63, 3.8) is 0 Å². The van der Waals surface area contributed by atoms with Gasteiger partial charge in [0.15, 0.2) is 5.82 Å². The van der Waals surface area contributed by atoms with Crippen LogP contribution in [0, 0.1) is 0 Å². The van der Waals surface area contributed by atoms with Crippen LogP contribution in [0.3, 0.4) is 0 Å². The summed E-state index contributed by atoms with van der Waals surface area (Å²) in [6.45, 7) is 1.11. The third-order valence-corrected chi connectivity index (χ3v) is 4.22. The Bertz CT molecular complexity index is 693. The van der Waals surface area contributed by atoms with Crippen molar-refractivity contribution in [1.82, 2.24) is 29.8 Å². The monoisotopic (exact) mass is 340 g/mol. The van der Waals surface area contributed by atoms with Gasteiger partial charge in [-0.1, -0.05) is 5.16 Å². The lowest BCUT2D eigenvalue weighted by Crippen LogP contribution is -2.38. The van der Waals surface area contributed by atoms with E-state index in [9.17, 15) is 13.6 Å². The van der Waals surface area contributed by atoms with Crippen LogP contribution in [0.25, 0.3) is 0 Å². The summed E-state index contributed by atoms with van der Waals surface area (Å²) in [4.78, 5) is 17.8. The van der Waals surface area contributed by atoms with Crippen molar-refractivity contribution in [2.75, 3.05) is 13.1 Å².